The number of thiocarbonyl (C=S) groups is 1. The number of nitro groups is 1. The van der Waals surface area contributed by atoms with Gasteiger partial charge in [-0.2, -0.15) is 0 Å². The SMILES string of the molecule is C=CCNC(=S)N[NH+]=Cc1ccc([N+](=O)[O-])cc1. The lowest BCUT2D eigenvalue weighted by molar-refractivity contribution is -0.500. The number of rotatable bonds is 5. The summed E-state index contributed by atoms with van der Waals surface area (Å²) in [7, 11) is 0. The molecule has 6 nitrogen and oxygen atoms in total. The number of nitro benzene ring substituents is 1. The molecule has 0 aliphatic carbocycles. The van der Waals surface area contributed by atoms with Gasteiger partial charge in [-0.1, -0.05) is 6.08 Å². The van der Waals surface area contributed by atoms with Crippen molar-refractivity contribution in [3.05, 3.63) is 52.6 Å². The highest BCUT2D eigenvalue weighted by molar-refractivity contribution is 7.80. The summed E-state index contributed by atoms with van der Waals surface area (Å²) in [5, 5.41) is 16.5. The Balaban J connectivity index is 2.49. The maximum Gasteiger partial charge on any atom is 0.269 e. The van der Waals surface area contributed by atoms with Crippen molar-refractivity contribution in [2.45, 2.75) is 0 Å². The highest BCUT2D eigenvalue weighted by Crippen LogP contribution is 2.09. The molecule has 0 bridgehead atoms. The zero-order chi connectivity index (χ0) is 13.4. The summed E-state index contributed by atoms with van der Waals surface area (Å²) >= 11 is 4.95. The molecule has 0 atom stereocenters. The Hall–Kier alpha value is -2.28. The Morgan fingerprint density at radius 2 is 2.17 bits per heavy atom. The monoisotopic (exact) mass is 265 g/mol. The van der Waals surface area contributed by atoms with Gasteiger partial charge in [0.1, 0.15) is 0 Å². The van der Waals surface area contributed by atoms with Crippen LogP contribution in [0.2, 0.25) is 0 Å². The molecular weight excluding hydrogens is 252 g/mol. The molecule has 0 radical (unpaired) electrons. The number of non-ortho nitro benzene ring substituents is 1. The average Bonchev–Trinajstić information content (AvgIpc) is 2.37. The van der Waals surface area contributed by atoms with Crippen LogP contribution in [0.25, 0.3) is 0 Å². The van der Waals surface area contributed by atoms with Crippen LogP contribution in [0.5, 0.6) is 0 Å². The standard InChI is InChI=1S/C11H12N4O2S/c1-2-7-12-11(18)14-13-8-9-3-5-10(6-4-9)15(16)17/h2-6,8H,1,7H2,(H2,12,14,18)/p+1. The number of benzene rings is 1. The van der Waals surface area contributed by atoms with Crippen LogP contribution in [-0.2, 0) is 0 Å². The molecule has 1 aromatic carbocycles. The lowest BCUT2D eigenvalue weighted by Crippen LogP contribution is -2.82. The van der Waals surface area contributed by atoms with Gasteiger partial charge in [0.2, 0.25) is 5.11 Å². The van der Waals surface area contributed by atoms with Crippen LogP contribution < -0.4 is 15.8 Å². The fraction of sp³-hybridized carbons (Fsp3) is 0.0909. The van der Waals surface area contributed by atoms with Crippen molar-refractivity contribution in [2.75, 3.05) is 6.54 Å². The highest BCUT2D eigenvalue weighted by atomic mass is 32.1. The van der Waals surface area contributed by atoms with E-state index in [-0.39, 0.29) is 5.69 Å². The van der Waals surface area contributed by atoms with Crippen molar-refractivity contribution in [2.24, 2.45) is 0 Å². The summed E-state index contributed by atoms with van der Waals surface area (Å²) in [6.45, 7) is 4.12. The van der Waals surface area contributed by atoms with Crippen molar-refractivity contribution in [3.63, 3.8) is 0 Å². The summed E-state index contributed by atoms with van der Waals surface area (Å²) < 4.78 is 0. The van der Waals surface area contributed by atoms with E-state index in [0.29, 0.717) is 11.7 Å². The van der Waals surface area contributed by atoms with Crippen molar-refractivity contribution >= 4 is 29.2 Å². The molecule has 1 rings (SSSR count). The molecule has 0 saturated carbocycles. The number of hydrogen-bond donors (Lipinski definition) is 3. The van der Waals surface area contributed by atoms with E-state index < -0.39 is 4.92 Å². The molecule has 0 aliphatic rings. The second-order valence-corrected chi connectivity index (χ2v) is 3.67. The fourth-order valence-electron chi connectivity index (χ4n) is 1.09. The van der Waals surface area contributed by atoms with Crippen molar-refractivity contribution in [1.29, 1.82) is 0 Å². The lowest BCUT2D eigenvalue weighted by atomic mass is 10.2. The predicted molar refractivity (Wildman–Crippen MR) is 73.2 cm³/mol. The molecule has 0 unspecified atom stereocenters. The summed E-state index contributed by atoms with van der Waals surface area (Å²) in [4.78, 5) is 10.0. The number of nitrogens with zero attached hydrogens (tertiary/aromatic N) is 1. The maximum absolute atomic E-state index is 10.4. The largest absolute Gasteiger partial charge is 0.355 e. The smallest absolute Gasteiger partial charge is 0.269 e. The van der Waals surface area contributed by atoms with Gasteiger partial charge < -0.3 is 5.32 Å². The van der Waals surface area contributed by atoms with Crippen LogP contribution in [0.4, 0.5) is 5.69 Å². The van der Waals surface area contributed by atoms with E-state index in [2.05, 4.69) is 22.4 Å². The van der Waals surface area contributed by atoms with Crippen LogP contribution in [-0.4, -0.2) is 22.8 Å². The number of hydrogen-bond acceptors (Lipinski definition) is 3. The van der Waals surface area contributed by atoms with Gasteiger partial charge in [0.25, 0.3) is 5.69 Å². The van der Waals surface area contributed by atoms with Crippen molar-refractivity contribution in [3.8, 4) is 0 Å². The van der Waals surface area contributed by atoms with Gasteiger partial charge in [-0.3, -0.25) is 10.1 Å². The van der Waals surface area contributed by atoms with E-state index in [1.54, 1.807) is 24.4 Å². The number of hydrazone groups is 1. The van der Waals surface area contributed by atoms with Gasteiger partial charge in [-0.05, 0) is 24.4 Å². The van der Waals surface area contributed by atoms with Gasteiger partial charge in [-0.15, -0.1) is 17.1 Å². The minimum absolute atomic E-state index is 0.0586. The van der Waals surface area contributed by atoms with Crippen molar-refractivity contribution < 1.29 is 10.0 Å². The van der Waals surface area contributed by atoms with Crippen LogP contribution >= 0.6 is 12.2 Å². The second-order valence-electron chi connectivity index (χ2n) is 3.26. The second kappa shape index (κ2) is 7.13. The van der Waals surface area contributed by atoms with E-state index in [0.717, 1.165) is 5.56 Å². The molecule has 0 heterocycles. The molecule has 0 fully saturated rings. The average molecular weight is 265 g/mol. The van der Waals surface area contributed by atoms with E-state index in [1.165, 1.54) is 12.1 Å². The molecule has 3 N–H and O–H groups in total. The van der Waals surface area contributed by atoms with Crippen LogP contribution in [0.1, 0.15) is 5.56 Å². The minimum atomic E-state index is -0.441. The predicted octanol–water partition coefficient (Wildman–Crippen LogP) is -0.341. The highest BCUT2D eigenvalue weighted by Gasteiger charge is 2.03. The molecule has 94 valence electrons. The van der Waals surface area contributed by atoms with Gasteiger partial charge >= 0.3 is 0 Å². The van der Waals surface area contributed by atoms with Gasteiger partial charge in [0, 0.05) is 24.2 Å². The normalized spacial score (nSPS) is 10.0. The maximum atomic E-state index is 10.4. The first kappa shape index (κ1) is 13.8. The first-order valence-electron chi connectivity index (χ1n) is 5.11. The fourth-order valence-corrected chi connectivity index (χ4v) is 1.23. The quantitative estimate of drug-likeness (QED) is 0.223. The Morgan fingerprint density at radius 3 is 2.72 bits per heavy atom. The van der Waals surface area contributed by atoms with E-state index >= 15 is 0 Å². The minimum Gasteiger partial charge on any atom is -0.355 e. The van der Waals surface area contributed by atoms with E-state index in [4.69, 9.17) is 12.2 Å². The summed E-state index contributed by atoms with van der Waals surface area (Å²) in [6.07, 6.45) is 3.33. The first-order chi connectivity index (χ1) is 8.63. The van der Waals surface area contributed by atoms with Crippen LogP contribution in [0.3, 0.4) is 0 Å². The summed E-state index contributed by atoms with van der Waals surface area (Å²) in [5.74, 6) is 0. The summed E-state index contributed by atoms with van der Waals surface area (Å²) in [6, 6.07) is 6.13. The Bertz CT molecular complexity index is 470. The molecule has 18 heavy (non-hydrogen) atoms. The third kappa shape index (κ3) is 4.71. The Kier molecular flexibility index (Phi) is 5.46. The van der Waals surface area contributed by atoms with Crippen LogP contribution in [0.15, 0.2) is 36.9 Å². The Morgan fingerprint density at radius 1 is 1.50 bits per heavy atom. The van der Waals surface area contributed by atoms with Gasteiger partial charge in [0.05, 0.1) is 4.92 Å². The Labute approximate surface area is 110 Å². The molecule has 0 aromatic heterocycles. The van der Waals surface area contributed by atoms with Crippen LogP contribution in [0, 0.1) is 10.1 Å². The molecule has 0 amide bonds. The van der Waals surface area contributed by atoms with Crippen molar-refractivity contribution in [1.82, 2.24) is 10.7 Å². The zero-order valence-electron chi connectivity index (χ0n) is 9.55. The van der Waals surface area contributed by atoms with Gasteiger partial charge in [-0.25, -0.2) is 0 Å². The molecular formula is C11H13N4O2S+. The molecule has 0 spiro atoms. The number of nitrogens with one attached hydrogen (secondary N) is 3. The van der Waals surface area contributed by atoms with Gasteiger partial charge in [0.15, 0.2) is 6.21 Å². The number of hydrazine groups is 1. The molecule has 0 aliphatic heterocycles. The first-order valence-corrected chi connectivity index (χ1v) is 5.52. The molecule has 7 heteroatoms. The molecule has 1 aromatic rings. The van der Waals surface area contributed by atoms with E-state index in [1.807, 2.05) is 0 Å². The van der Waals surface area contributed by atoms with E-state index in [9.17, 15) is 10.1 Å². The zero-order valence-corrected chi connectivity index (χ0v) is 10.4. The lowest BCUT2D eigenvalue weighted by Gasteiger charge is -1.98. The molecule has 0 saturated heterocycles. The summed E-state index contributed by atoms with van der Waals surface area (Å²) in [5.41, 5.74) is 3.59. The third-order valence-corrected chi connectivity index (χ3v) is 2.18. The third-order valence-electron chi connectivity index (χ3n) is 1.94. The topological polar surface area (TPSA) is 81.2 Å².